The molecule has 0 aliphatic carbocycles. The number of phenolic OH excluding ortho intramolecular Hbond substituents is 1. The quantitative estimate of drug-likeness (QED) is 0.462. The third-order valence-electron chi connectivity index (χ3n) is 4.51. The molecule has 154 valence electrons. The van der Waals surface area contributed by atoms with Crippen molar-refractivity contribution in [3.8, 4) is 22.9 Å². The molecule has 0 radical (unpaired) electrons. The number of carbonyl (C=O) groups excluding carboxylic acids is 1. The molecule has 2 heterocycles. The maximum atomic E-state index is 11.7. The highest BCUT2D eigenvalue weighted by Crippen LogP contribution is 2.39. The van der Waals surface area contributed by atoms with Gasteiger partial charge in [0.25, 0.3) is 0 Å². The van der Waals surface area contributed by atoms with Gasteiger partial charge in [-0.15, -0.1) is 15.0 Å². The van der Waals surface area contributed by atoms with Crippen LogP contribution in [0.5, 0.6) is 17.2 Å². The lowest BCUT2D eigenvalue weighted by molar-refractivity contribution is -0.138. The molecule has 10 heteroatoms. The maximum Gasteiger partial charge on any atom is 0.336 e. The second-order valence-corrected chi connectivity index (χ2v) is 6.61. The summed E-state index contributed by atoms with van der Waals surface area (Å²) in [6.45, 7) is 5.03. The number of nitrogens with zero attached hydrogens (tertiary/aromatic N) is 3. The van der Waals surface area contributed by atoms with E-state index in [1.807, 2.05) is 0 Å². The van der Waals surface area contributed by atoms with Gasteiger partial charge in [0, 0.05) is 24.1 Å². The first-order valence-corrected chi connectivity index (χ1v) is 8.93. The van der Waals surface area contributed by atoms with Crippen LogP contribution in [-0.4, -0.2) is 50.5 Å². The van der Waals surface area contributed by atoms with Gasteiger partial charge >= 0.3 is 11.9 Å². The zero-order chi connectivity index (χ0) is 21.4. The molecule has 0 saturated heterocycles. The van der Waals surface area contributed by atoms with Gasteiger partial charge in [0.2, 0.25) is 6.79 Å². The van der Waals surface area contributed by atoms with Crippen molar-refractivity contribution in [1.29, 1.82) is 0 Å². The van der Waals surface area contributed by atoms with Crippen LogP contribution in [-0.2, 0) is 16.0 Å². The minimum atomic E-state index is -1.14. The van der Waals surface area contributed by atoms with Crippen LogP contribution in [0.4, 0.5) is 0 Å². The Bertz CT molecular complexity index is 1200. The SMILES string of the molecule is C=C(C)C(=O)OCCc1c(C(=O)O)ccc2nn(-c3cc4c(cc3O)OCO4)nc12. The van der Waals surface area contributed by atoms with E-state index < -0.39 is 11.9 Å². The summed E-state index contributed by atoms with van der Waals surface area (Å²) in [5.74, 6) is -0.995. The molecular weight excluding hydrogens is 394 g/mol. The first kappa shape index (κ1) is 19.2. The molecule has 1 aromatic heterocycles. The smallest absolute Gasteiger partial charge is 0.336 e. The number of hydrogen-bond acceptors (Lipinski definition) is 8. The lowest BCUT2D eigenvalue weighted by Crippen LogP contribution is -2.11. The Morgan fingerprint density at radius 3 is 2.67 bits per heavy atom. The highest BCUT2D eigenvalue weighted by Gasteiger charge is 2.22. The highest BCUT2D eigenvalue weighted by molar-refractivity contribution is 5.95. The number of carboxylic acids is 1. The van der Waals surface area contributed by atoms with Gasteiger partial charge in [0.1, 0.15) is 22.5 Å². The van der Waals surface area contributed by atoms with Gasteiger partial charge in [-0.1, -0.05) is 6.58 Å². The Morgan fingerprint density at radius 2 is 1.97 bits per heavy atom. The average Bonchev–Trinajstić information content (AvgIpc) is 3.32. The fourth-order valence-corrected chi connectivity index (χ4v) is 3.05. The summed E-state index contributed by atoms with van der Waals surface area (Å²) < 4.78 is 15.6. The van der Waals surface area contributed by atoms with Crippen LogP contribution in [0.15, 0.2) is 36.4 Å². The van der Waals surface area contributed by atoms with Crippen molar-refractivity contribution in [3.63, 3.8) is 0 Å². The number of ether oxygens (including phenoxy) is 3. The van der Waals surface area contributed by atoms with Gasteiger partial charge < -0.3 is 24.4 Å². The van der Waals surface area contributed by atoms with Crippen LogP contribution < -0.4 is 9.47 Å². The van der Waals surface area contributed by atoms with E-state index in [1.54, 1.807) is 0 Å². The molecule has 1 aliphatic heterocycles. The number of benzene rings is 2. The van der Waals surface area contributed by atoms with Crippen molar-refractivity contribution in [3.05, 3.63) is 47.5 Å². The van der Waals surface area contributed by atoms with E-state index in [0.717, 1.165) is 0 Å². The maximum absolute atomic E-state index is 11.7. The van der Waals surface area contributed by atoms with E-state index in [9.17, 15) is 19.8 Å². The number of fused-ring (bicyclic) bond motifs is 2. The molecule has 30 heavy (non-hydrogen) atoms. The van der Waals surface area contributed by atoms with Crippen molar-refractivity contribution >= 4 is 23.0 Å². The Balaban J connectivity index is 1.74. The van der Waals surface area contributed by atoms with Crippen molar-refractivity contribution in [2.45, 2.75) is 13.3 Å². The van der Waals surface area contributed by atoms with E-state index in [1.165, 1.54) is 36.0 Å². The monoisotopic (exact) mass is 411 g/mol. The van der Waals surface area contributed by atoms with Crippen molar-refractivity contribution in [2.75, 3.05) is 13.4 Å². The number of phenols is 1. The predicted octanol–water partition coefficient (Wildman–Crippen LogP) is 2.21. The van der Waals surface area contributed by atoms with Crippen LogP contribution in [0.25, 0.3) is 16.7 Å². The van der Waals surface area contributed by atoms with Crippen LogP contribution in [0.1, 0.15) is 22.8 Å². The number of carboxylic acid groups (broad SMARTS) is 1. The van der Waals surface area contributed by atoms with Crippen LogP contribution in [0.2, 0.25) is 0 Å². The lowest BCUT2D eigenvalue weighted by atomic mass is 10.0. The molecule has 0 saturated carbocycles. The third kappa shape index (κ3) is 3.39. The van der Waals surface area contributed by atoms with Crippen LogP contribution in [0, 0.1) is 0 Å². The normalized spacial score (nSPS) is 12.2. The number of carbonyl (C=O) groups is 2. The molecule has 0 unspecified atom stereocenters. The van der Waals surface area contributed by atoms with E-state index in [-0.39, 0.29) is 42.4 Å². The number of rotatable bonds is 6. The standard InChI is InChI=1S/C20H17N3O7/c1-10(2)20(27)28-6-5-11-12(19(25)26)3-4-13-18(11)22-23(21-13)14-7-16-17(8-15(14)24)30-9-29-16/h3-4,7-8,24H,1,5-6,9H2,2H3,(H,25,26). The number of aromatic nitrogens is 3. The topological polar surface area (TPSA) is 133 Å². The predicted molar refractivity (Wildman–Crippen MR) is 103 cm³/mol. The third-order valence-corrected chi connectivity index (χ3v) is 4.51. The summed E-state index contributed by atoms with van der Waals surface area (Å²) in [7, 11) is 0. The van der Waals surface area contributed by atoms with Crippen LogP contribution in [0.3, 0.4) is 0 Å². The summed E-state index contributed by atoms with van der Waals surface area (Å²) in [5.41, 5.74) is 1.61. The highest BCUT2D eigenvalue weighted by atomic mass is 16.7. The lowest BCUT2D eigenvalue weighted by Gasteiger charge is -2.08. The summed E-state index contributed by atoms with van der Waals surface area (Å²) >= 11 is 0. The van der Waals surface area contributed by atoms with E-state index in [2.05, 4.69) is 16.8 Å². The molecule has 3 aromatic rings. The Kier molecular flexibility index (Phi) is 4.74. The molecule has 1 aliphatic rings. The Hall–Kier alpha value is -4.08. The second kappa shape index (κ2) is 7.39. The van der Waals surface area contributed by atoms with Crippen LogP contribution >= 0.6 is 0 Å². The summed E-state index contributed by atoms with van der Waals surface area (Å²) in [6, 6.07) is 5.87. The molecular formula is C20H17N3O7. The summed E-state index contributed by atoms with van der Waals surface area (Å²) in [5, 5.41) is 28.6. The molecule has 0 spiro atoms. The number of esters is 1. The Morgan fingerprint density at radius 1 is 1.23 bits per heavy atom. The first-order valence-electron chi connectivity index (χ1n) is 8.93. The van der Waals surface area contributed by atoms with E-state index in [0.29, 0.717) is 28.1 Å². The van der Waals surface area contributed by atoms with Gasteiger partial charge in [-0.2, -0.15) is 0 Å². The molecule has 0 fully saturated rings. The van der Waals surface area contributed by atoms with Gasteiger partial charge in [0.05, 0.1) is 12.2 Å². The largest absolute Gasteiger partial charge is 0.505 e. The van der Waals surface area contributed by atoms with Crippen molar-refractivity contribution < 1.29 is 34.0 Å². The zero-order valence-corrected chi connectivity index (χ0v) is 15.9. The fraction of sp³-hybridized carbons (Fsp3) is 0.200. The van der Waals surface area contributed by atoms with Crippen molar-refractivity contribution in [2.24, 2.45) is 0 Å². The molecule has 4 rings (SSSR count). The van der Waals surface area contributed by atoms with E-state index in [4.69, 9.17) is 14.2 Å². The second-order valence-electron chi connectivity index (χ2n) is 6.61. The van der Waals surface area contributed by atoms with Gasteiger partial charge in [0.15, 0.2) is 11.5 Å². The summed E-state index contributed by atoms with van der Waals surface area (Å²) in [6.07, 6.45) is 0.115. The summed E-state index contributed by atoms with van der Waals surface area (Å²) in [4.78, 5) is 24.5. The van der Waals surface area contributed by atoms with Gasteiger partial charge in [-0.25, -0.2) is 9.59 Å². The number of aromatic carboxylic acids is 1. The van der Waals surface area contributed by atoms with Gasteiger partial charge in [-0.3, -0.25) is 0 Å². The average molecular weight is 411 g/mol. The molecule has 0 bridgehead atoms. The van der Waals surface area contributed by atoms with E-state index >= 15 is 0 Å². The molecule has 2 N–H and O–H groups in total. The molecule has 10 nitrogen and oxygen atoms in total. The minimum absolute atomic E-state index is 0.0239. The zero-order valence-electron chi connectivity index (χ0n) is 15.9. The minimum Gasteiger partial charge on any atom is -0.505 e. The molecule has 0 amide bonds. The fourth-order valence-electron chi connectivity index (χ4n) is 3.05. The number of hydrogen-bond donors (Lipinski definition) is 2. The van der Waals surface area contributed by atoms with Gasteiger partial charge in [-0.05, 0) is 24.6 Å². The Labute approximate surface area is 169 Å². The molecule has 2 aromatic carbocycles. The molecule has 0 atom stereocenters. The van der Waals surface area contributed by atoms with Crippen molar-refractivity contribution in [1.82, 2.24) is 15.0 Å². The first-order chi connectivity index (χ1) is 14.3. The number of aromatic hydroxyl groups is 1.